The van der Waals surface area contributed by atoms with Crippen LogP contribution in [0.25, 0.3) is 11.5 Å². The molecule has 0 N–H and O–H groups in total. The Kier molecular flexibility index (Phi) is 3.68. The van der Waals surface area contributed by atoms with Crippen molar-refractivity contribution in [2.24, 2.45) is 5.41 Å². The summed E-state index contributed by atoms with van der Waals surface area (Å²) in [6.45, 7) is 7.51. The summed E-state index contributed by atoms with van der Waals surface area (Å²) >= 11 is 0. The first-order chi connectivity index (χ1) is 10.4. The van der Waals surface area contributed by atoms with E-state index in [0.29, 0.717) is 36.9 Å². The molecule has 1 saturated heterocycles. The first kappa shape index (κ1) is 14.7. The molecule has 0 spiro atoms. The fraction of sp³-hybridized carbons (Fsp3) is 0.500. The van der Waals surface area contributed by atoms with Gasteiger partial charge in [0.25, 0.3) is 0 Å². The topological polar surface area (TPSA) is 72.1 Å². The van der Waals surface area contributed by atoms with Crippen molar-refractivity contribution in [2.45, 2.75) is 33.1 Å². The zero-order valence-corrected chi connectivity index (χ0v) is 13.1. The minimum Gasteiger partial charge on any atom is -0.341 e. The number of nitrogens with zero attached hydrogens (tertiary/aromatic N) is 4. The summed E-state index contributed by atoms with van der Waals surface area (Å²) in [7, 11) is 0. The molecule has 0 unspecified atom stereocenters. The normalized spacial score (nSPS) is 15.7. The van der Waals surface area contributed by atoms with Crippen molar-refractivity contribution in [1.82, 2.24) is 20.0 Å². The van der Waals surface area contributed by atoms with Crippen LogP contribution in [0.1, 0.15) is 39.0 Å². The zero-order chi connectivity index (χ0) is 15.7. The fourth-order valence-electron chi connectivity index (χ4n) is 2.40. The lowest BCUT2D eigenvalue weighted by molar-refractivity contribution is -0.137. The zero-order valence-electron chi connectivity index (χ0n) is 13.1. The van der Waals surface area contributed by atoms with Gasteiger partial charge in [-0.2, -0.15) is 4.98 Å². The van der Waals surface area contributed by atoms with E-state index < -0.39 is 0 Å². The molecule has 0 radical (unpaired) electrons. The molecule has 116 valence electrons. The molecule has 1 amide bonds. The van der Waals surface area contributed by atoms with Crippen molar-refractivity contribution in [3.63, 3.8) is 0 Å². The quantitative estimate of drug-likeness (QED) is 0.871. The van der Waals surface area contributed by atoms with E-state index in [1.165, 1.54) is 0 Å². The maximum Gasteiger partial charge on any atom is 0.233 e. The second-order valence-electron chi connectivity index (χ2n) is 6.90. The third-order valence-electron chi connectivity index (χ3n) is 3.60. The van der Waals surface area contributed by atoms with Crippen molar-refractivity contribution in [3.05, 3.63) is 30.3 Å². The number of rotatable bonds is 3. The summed E-state index contributed by atoms with van der Waals surface area (Å²) in [6.07, 6.45) is 2.25. The van der Waals surface area contributed by atoms with E-state index in [1.807, 2.05) is 23.1 Å². The molecule has 0 saturated carbocycles. The monoisotopic (exact) mass is 300 g/mol. The first-order valence-corrected chi connectivity index (χ1v) is 7.45. The predicted molar refractivity (Wildman–Crippen MR) is 80.9 cm³/mol. The van der Waals surface area contributed by atoms with Crippen molar-refractivity contribution in [2.75, 3.05) is 13.1 Å². The van der Waals surface area contributed by atoms with Crippen molar-refractivity contribution in [1.29, 1.82) is 0 Å². The summed E-state index contributed by atoms with van der Waals surface area (Å²) in [5.74, 6) is 1.40. The molecular formula is C16H20N4O2. The fourth-order valence-corrected chi connectivity index (χ4v) is 2.40. The van der Waals surface area contributed by atoms with Gasteiger partial charge in [0.15, 0.2) is 0 Å². The maximum atomic E-state index is 12.1. The van der Waals surface area contributed by atoms with Gasteiger partial charge in [-0.05, 0) is 17.5 Å². The Morgan fingerprint density at radius 1 is 1.36 bits per heavy atom. The smallest absolute Gasteiger partial charge is 0.233 e. The highest BCUT2D eigenvalue weighted by Crippen LogP contribution is 2.29. The highest BCUT2D eigenvalue weighted by molar-refractivity contribution is 5.77. The van der Waals surface area contributed by atoms with Crippen LogP contribution in [0.4, 0.5) is 0 Å². The summed E-state index contributed by atoms with van der Waals surface area (Å²) in [5, 5.41) is 3.97. The maximum absolute atomic E-state index is 12.1. The molecular weight excluding hydrogens is 280 g/mol. The minimum absolute atomic E-state index is 0.0127. The van der Waals surface area contributed by atoms with Crippen molar-refractivity contribution < 1.29 is 9.32 Å². The first-order valence-electron chi connectivity index (χ1n) is 7.45. The number of pyridine rings is 1. The number of hydrogen-bond donors (Lipinski definition) is 0. The van der Waals surface area contributed by atoms with Gasteiger partial charge in [-0.25, -0.2) is 0 Å². The van der Waals surface area contributed by atoms with Crippen molar-refractivity contribution in [3.8, 4) is 11.5 Å². The molecule has 1 aliphatic rings. The number of likely N-dealkylation sites (tertiary alicyclic amines) is 1. The number of aromatic nitrogens is 3. The molecule has 0 atom stereocenters. The van der Waals surface area contributed by atoms with Gasteiger partial charge in [0.05, 0.1) is 5.92 Å². The lowest BCUT2D eigenvalue weighted by Crippen LogP contribution is -2.49. The lowest BCUT2D eigenvalue weighted by atomic mass is 9.90. The van der Waals surface area contributed by atoms with E-state index in [4.69, 9.17) is 4.52 Å². The molecule has 2 aromatic rings. The lowest BCUT2D eigenvalue weighted by Gasteiger charge is -2.38. The second kappa shape index (κ2) is 5.51. The Bertz CT molecular complexity index is 654. The van der Waals surface area contributed by atoms with E-state index in [-0.39, 0.29) is 17.2 Å². The third-order valence-corrected chi connectivity index (χ3v) is 3.60. The van der Waals surface area contributed by atoms with Crippen LogP contribution in [0.3, 0.4) is 0 Å². The average Bonchev–Trinajstić information content (AvgIpc) is 2.85. The van der Waals surface area contributed by atoms with Crippen LogP contribution in [0.2, 0.25) is 0 Å². The van der Waals surface area contributed by atoms with E-state index in [9.17, 15) is 4.79 Å². The molecule has 6 heteroatoms. The van der Waals surface area contributed by atoms with Gasteiger partial charge in [-0.3, -0.25) is 9.78 Å². The SMILES string of the molecule is CC(C)(C)CC(=O)N1CC(c2nc(-c3ccccn3)no2)C1. The Morgan fingerprint density at radius 3 is 2.77 bits per heavy atom. The van der Waals surface area contributed by atoms with Gasteiger partial charge in [0, 0.05) is 25.7 Å². The van der Waals surface area contributed by atoms with E-state index in [2.05, 4.69) is 35.9 Å². The molecule has 0 aliphatic carbocycles. The largest absolute Gasteiger partial charge is 0.341 e. The Morgan fingerprint density at radius 2 is 2.14 bits per heavy atom. The molecule has 1 fully saturated rings. The average molecular weight is 300 g/mol. The van der Waals surface area contributed by atoms with Gasteiger partial charge >= 0.3 is 0 Å². The van der Waals surface area contributed by atoms with Gasteiger partial charge in [0.1, 0.15) is 5.69 Å². The summed E-state index contributed by atoms with van der Waals surface area (Å²) < 4.78 is 5.31. The van der Waals surface area contributed by atoms with Gasteiger partial charge in [0.2, 0.25) is 17.6 Å². The molecule has 22 heavy (non-hydrogen) atoms. The van der Waals surface area contributed by atoms with Crippen LogP contribution in [0, 0.1) is 5.41 Å². The van der Waals surface area contributed by atoms with Crippen LogP contribution in [-0.2, 0) is 4.79 Å². The predicted octanol–water partition coefficient (Wildman–Crippen LogP) is 2.49. The van der Waals surface area contributed by atoms with E-state index >= 15 is 0 Å². The highest BCUT2D eigenvalue weighted by atomic mass is 16.5. The van der Waals surface area contributed by atoms with Crippen molar-refractivity contribution >= 4 is 5.91 Å². The van der Waals surface area contributed by atoms with Crippen LogP contribution in [0.15, 0.2) is 28.9 Å². The highest BCUT2D eigenvalue weighted by Gasteiger charge is 2.36. The standard InChI is InChI=1S/C16H20N4O2/c1-16(2,3)8-13(21)20-9-11(10-20)15-18-14(19-22-15)12-6-4-5-7-17-12/h4-7,11H,8-10H2,1-3H3. The molecule has 1 aliphatic heterocycles. The van der Waals surface area contributed by atoms with Crippen LogP contribution in [0.5, 0.6) is 0 Å². The molecule has 2 aromatic heterocycles. The van der Waals surface area contributed by atoms with Crippen LogP contribution >= 0.6 is 0 Å². The molecule has 3 heterocycles. The van der Waals surface area contributed by atoms with E-state index in [0.717, 1.165) is 0 Å². The number of amides is 1. The Labute approximate surface area is 129 Å². The number of carbonyl (C=O) groups is 1. The Balaban J connectivity index is 1.60. The van der Waals surface area contributed by atoms with Crippen LogP contribution < -0.4 is 0 Å². The third kappa shape index (κ3) is 3.16. The van der Waals surface area contributed by atoms with E-state index in [1.54, 1.807) is 6.20 Å². The molecule has 0 aromatic carbocycles. The van der Waals surface area contributed by atoms with Gasteiger partial charge in [-0.1, -0.05) is 32.0 Å². The summed E-state index contributed by atoms with van der Waals surface area (Å²) in [6, 6.07) is 5.57. The number of hydrogen-bond acceptors (Lipinski definition) is 5. The summed E-state index contributed by atoms with van der Waals surface area (Å²) in [5.41, 5.74) is 0.705. The van der Waals surface area contributed by atoms with Gasteiger partial charge in [-0.15, -0.1) is 0 Å². The Hall–Kier alpha value is -2.24. The molecule has 6 nitrogen and oxygen atoms in total. The molecule has 3 rings (SSSR count). The molecule has 0 bridgehead atoms. The summed E-state index contributed by atoms with van der Waals surface area (Å²) in [4.78, 5) is 22.5. The second-order valence-corrected chi connectivity index (χ2v) is 6.90. The van der Waals surface area contributed by atoms with Crippen LogP contribution in [-0.4, -0.2) is 39.0 Å². The van der Waals surface area contributed by atoms with Gasteiger partial charge < -0.3 is 9.42 Å². The minimum atomic E-state index is 0.0127. The number of carbonyl (C=O) groups excluding carboxylic acids is 1.